The number of fused-ring (bicyclic) bond motifs is 2. The number of nitrogens with zero attached hydrogens (tertiary/aromatic N) is 5. The highest BCUT2D eigenvalue weighted by Crippen LogP contribution is 2.25. The third kappa shape index (κ3) is 3.17. The van der Waals surface area contributed by atoms with E-state index in [4.69, 9.17) is 0 Å². The molecule has 1 fully saturated rings. The van der Waals surface area contributed by atoms with Gasteiger partial charge in [0.2, 0.25) is 0 Å². The van der Waals surface area contributed by atoms with Gasteiger partial charge < -0.3 is 14.3 Å². The number of aryl methyl sites for hydroxylation is 1. The summed E-state index contributed by atoms with van der Waals surface area (Å²) < 4.78 is 17.9. The summed E-state index contributed by atoms with van der Waals surface area (Å²) >= 11 is 0. The van der Waals surface area contributed by atoms with E-state index in [1.54, 1.807) is 27.6 Å². The van der Waals surface area contributed by atoms with Gasteiger partial charge in [-0.05, 0) is 45.7 Å². The van der Waals surface area contributed by atoms with Gasteiger partial charge in [0.1, 0.15) is 0 Å². The maximum absolute atomic E-state index is 14.4. The van der Waals surface area contributed by atoms with Crippen molar-refractivity contribution in [1.82, 2.24) is 29.2 Å². The summed E-state index contributed by atoms with van der Waals surface area (Å²) in [7, 11) is 0. The molecule has 1 aliphatic rings. The first-order chi connectivity index (χ1) is 14.4. The van der Waals surface area contributed by atoms with Crippen molar-refractivity contribution in [3.05, 3.63) is 58.8 Å². The Morgan fingerprint density at radius 1 is 1.17 bits per heavy atom. The number of imidazole rings is 1. The van der Waals surface area contributed by atoms with Crippen LogP contribution in [0.1, 0.15) is 38.4 Å². The third-order valence-electron chi connectivity index (χ3n) is 5.77. The SMILES string of the molecule is Cc1cn2cc(-c3ncc4c(=O)n(C5CC(C)NC(C)C5)ccc4n3)cc(F)c2n1. The van der Waals surface area contributed by atoms with Crippen LogP contribution >= 0.6 is 0 Å². The summed E-state index contributed by atoms with van der Waals surface area (Å²) in [5.74, 6) is -0.0650. The number of piperidine rings is 1. The molecule has 154 valence electrons. The van der Waals surface area contributed by atoms with E-state index in [2.05, 4.69) is 34.1 Å². The Morgan fingerprint density at radius 3 is 2.70 bits per heavy atom. The molecule has 8 heteroatoms. The zero-order valence-corrected chi connectivity index (χ0v) is 17.1. The van der Waals surface area contributed by atoms with Crippen molar-refractivity contribution in [3.8, 4) is 11.4 Å². The number of hydrogen-bond donors (Lipinski definition) is 1. The van der Waals surface area contributed by atoms with Crippen LogP contribution in [0.15, 0.2) is 41.7 Å². The monoisotopic (exact) mass is 406 g/mol. The van der Waals surface area contributed by atoms with Crippen molar-refractivity contribution >= 4 is 16.6 Å². The third-order valence-corrected chi connectivity index (χ3v) is 5.77. The summed E-state index contributed by atoms with van der Waals surface area (Å²) in [6.07, 6.45) is 8.67. The molecule has 4 aromatic heterocycles. The molecular weight excluding hydrogens is 383 g/mol. The quantitative estimate of drug-likeness (QED) is 0.553. The molecule has 1 aliphatic heterocycles. The molecular formula is C22H23FN6O. The van der Waals surface area contributed by atoms with Crippen LogP contribution in [0.25, 0.3) is 27.9 Å². The number of pyridine rings is 2. The predicted octanol–water partition coefficient (Wildman–Crippen LogP) is 3.26. The molecule has 5 rings (SSSR count). The average Bonchev–Trinajstić information content (AvgIpc) is 3.08. The van der Waals surface area contributed by atoms with Crippen LogP contribution in [-0.2, 0) is 0 Å². The molecule has 30 heavy (non-hydrogen) atoms. The minimum absolute atomic E-state index is 0.0859. The molecule has 5 heterocycles. The molecule has 0 saturated carbocycles. The van der Waals surface area contributed by atoms with Crippen molar-refractivity contribution < 1.29 is 4.39 Å². The predicted molar refractivity (Wildman–Crippen MR) is 113 cm³/mol. The lowest BCUT2D eigenvalue weighted by Gasteiger charge is -2.34. The fourth-order valence-electron chi connectivity index (χ4n) is 4.53. The fraction of sp³-hybridized carbons (Fsp3) is 0.364. The number of rotatable bonds is 2. The van der Waals surface area contributed by atoms with Gasteiger partial charge in [-0.1, -0.05) is 0 Å². The summed E-state index contributed by atoms with van der Waals surface area (Å²) in [4.78, 5) is 26.2. The second kappa shape index (κ2) is 6.98. The van der Waals surface area contributed by atoms with Crippen molar-refractivity contribution in [3.63, 3.8) is 0 Å². The molecule has 0 aromatic carbocycles. The molecule has 0 spiro atoms. The number of halogens is 1. The number of hydrogen-bond acceptors (Lipinski definition) is 5. The molecule has 0 radical (unpaired) electrons. The number of aromatic nitrogens is 5. The second-order valence-corrected chi connectivity index (χ2v) is 8.30. The molecule has 0 amide bonds. The van der Waals surface area contributed by atoms with E-state index in [0.717, 1.165) is 18.5 Å². The first-order valence-corrected chi connectivity index (χ1v) is 10.2. The minimum atomic E-state index is -0.436. The van der Waals surface area contributed by atoms with Crippen LogP contribution in [-0.4, -0.2) is 36.0 Å². The highest BCUT2D eigenvalue weighted by molar-refractivity contribution is 5.78. The Morgan fingerprint density at radius 2 is 1.93 bits per heavy atom. The van der Waals surface area contributed by atoms with Gasteiger partial charge in [0.25, 0.3) is 5.56 Å². The molecule has 0 bridgehead atoms. The topological polar surface area (TPSA) is 77.1 Å². The molecule has 7 nitrogen and oxygen atoms in total. The van der Waals surface area contributed by atoms with E-state index < -0.39 is 5.82 Å². The van der Waals surface area contributed by atoms with Gasteiger partial charge in [-0.15, -0.1) is 0 Å². The normalized spacial score (nSPS) is 22.1. The Kier molecular flexibility index (Phi) is 4.39. The van der Waals surface area contributed by atoms with Crippen LogP contribution < -0.4 is 10.9 Å². The fourth-order valence-corrected chi connectivity index (χ4v) is 4.53. The lowest BCUT2D eigenvalue weighted by Crippen LogP contribution is -2.44. The first-order valence-electron chi connectivity index (χ1n) is 10.2. The van der Waals surface area contributed by atoms with E-state index in [0.29, 0.717) is 34.4 Å². The van der Waals surface area contributed by atoms with Crippen LogP contribution in [0.4, 0.5) is 4.39 Å². The van der Waals surface area contributed by atoms with Crippen molar-refractivity contribution in [2.45, 2.75) is 51.7 Å². The van der Waals surface area contributed by atoms with Gasteiger partial charge in [0.15, 0.2) is 17.3 Å². The zero-order chi connectivity index (χ0) is 21.0. The molecule has 1 N–H and O–H groups in total. The van der Waals surface area contributed by atoms with Crippen molar-refractivity contribution in [1.29, 1.82) is 0 Å². The van der Waals surface area contributed by atoms with Gasteiger partial charge in [0.05, 0.1) is 16.6 Å². The highest BCUT2D eigenvalue weighted by atomic mass is 19.1. The van der Waals surface area contributed by atoms with Crippen molar-refractivity contribution in [2.24, 2.45) is 0 Å². The van der Waals surface area contributed by atoms with Crippen molar-refractivity contribution in [2.75, 3.05) is 0 Å². The summed E-state index contributed by atoms with van der Waals surface area (Å²) in [6, 6.07) is 4.08. The van der Waals surface area contributed by atoms with E-state index in [-0.39, 0.29) is 17.2 Å². The summed E-state index contributed by atoms with van der Waals surface area (Å²) in [5, 5.41) is 3.98. The largest absolute Gasteiger partial charge is 0.312 e. The van der Waals surface area contributed by atoms with E-state index in [9.17, 15) is 9.18 Å². The average molecular weight is 406 g/mol. The van der Waals surface area contributed by atoms with E-state index in [1.165, 1.54) is 6.07 Å². The second-order valence-electron chi connectivity index (χ2n) is 8.30. The highest BCUT2D eigenvalue weighted by Gasteiger charge is 2.25. The Hall–Kier alpha value is -3.13. The molecule has 2 unspecified atom stereocenters. The lowest BCUT2D eigenvalue weighted by atomic mass is 9.95. The maximum atomic E-state index is 14.4. The summed E-state index contributed by atoms with van der Waals surface area (Å²) in [6.45, 7) is 6.09. The Balaban J connectivity index is 1.57. The van der Waals surface area contributed by atoms with Gasteiger partial charge in [-0.3, -0.25) is 4.79 Å². The van der Waals surface area contributed by atoms with Gasteiger partial charge in [-0.2, -0.15) is 0 Å². The standard InChI is InChI=1S/C22H23FN6O/c1-12-6-16(7-13(2)25-12)29-5-4-19-17(22(29)30)9-24-20(27-19)15-8-18(23)21-26-14(3)10-28(21)11-15/h4-5,8-13,16,25H,6-7H2,1-3H3. The van der Waals surface area contributed by atoms with Crippen LogP contribution in [0.5, 0.6) is 0 Å². The van der Waals surface area contributed by atoms with Crippen LogP contribution in [0, 0.1) is 12.7 Å². The molecule has 0 aliphatic carbocycles. The minimum Gasteiger partial charge on any atom is -0.312 e. The van der Waals surface area contributed by atoms with Crippen LogP contribution in [0.2, 0.25) is 0 Å². The van der Waals surface area contributed by atoms with E-state index in [1.807, 2.05) is 19.2 Å². The van der Waals surface area contributed by atoms with Gasteiger partial charge in [-0.25, -0.2) is 19.3 Å². The summed E-state index contributed by atoms with van der Waals surface area (Å²) in [5.41, 5.74) is 2.00. The molecule has 4 aromatic rings. The maximum Gasteiger partial charge on any atom is 0.261 e. The van der Waals surface area contributed by atoms with Crippen LogP contribution in [0.3, 0.4) is 0 Å². The lowest BCUT2D eigenvalue weighted by molar-refractivity contribution is 0.260. The Labute approximate surface area is 172 Å². The van der Waals surface area contributed by atoms with Gasteiger partial charge in [0, 0.05) is 48.5 Å². The number of nitrogens with one attached hydrogen (secondary N) is 1. The zero-order valence-electron chi connectivity index (χ0n) is 17.1. The molecule has 2 atom stereocenters. The smallest absolute Gasteiger partial charge is 0.261 e. The molecule has 1 saturated heterocycles. The Bertz CT molecular complexity index is 1320. The van der Waals surface area contributed by atoms with Gasteiger partial charge >= 0.3 is 0 Å². The first kappa shape index (κ1) is 18.9. The van der Waals surface area contributed by atoms with E-state index >= 15 is 0 Å².